The average Bonchev–Trinajstić information content (AvgIpc) is 3.20. The lowest BCUT2D eigenvalue weighted by atomic mass is 10.1. The van der Waals surface area contributed by atoms with Crippen molar-refractivity contribution in [2.75, 3.05) is 5.75 Å². The zero-order valence-electron chi connectivity index (χ0n) is 15.4. The maximum atomic E-state index is 13.6. The van der Waals surface area contributed by atoms with Gasteiger partial charge in [0.15, 0.2) is 0 Å². The summed E-state index contributed by atoms with van der Waals surface area (Å²) in [6.07, 6.45) is 2.32. The van der Waals surface area contributed by atoms with Crippen LogP contribution in [-0.2, 0) is 13.0 Å². The van der Waals surface area contributed by atoms with Gasteiger partial charge in [0.2, 0.25) is 0 Å². The lowest BCUT2D eigenvalue weighted by Gasteiger charge is -2.17. The molecule has 0 radical (unpaired) electrons. The Hall–Kier alpha value is -3.00. The van der Waals surface area contributed by atoms with E-state index in [-0.39, 0.29) is 11.4 Å². The number of aromatic nitrogens is 2. The number of carbonyl (C=O) groups excluding carboxylic acids is 1. The highest BCUT2D eigenvalue weighted by molar-refractivity contribution is 7.99. The minimum Gasteiger partial charge on any atom is -0.296 e. The van der Waals surface area contributed by atoms with Crippen molar-refractivity contribution in [1.29, 1.82) is 0 Å². The number of halogens is 1. The minimum absolute atomic E-state index is 0.0620. The number of fused-ring (bicyclic) bond motifs is 3. The third kappa shape index (κ3) is 3.23. The topological polar surface area (TPSA) is 76.3 Å². The van der Waals surface area contributed by atoms with Crippen LogP contribution in [0.5, 0.6) is 0 Å². The van der Waals surface area contributed by atoms with Crippen LogP contribution in [0.25, 0.3) is 10.9 Å². The van der Waals surface area contributed by atoms with E-state index in [2.05, 4.69) is 15.5 Å². The molecule has 2 aliphatic heterocycles. The SMILES string of the molecule is O=C(NN=C1CCSc2ccc(F)cc21)c1ccc2c(=O)n3c(nc2c1)CCC3. The van der Waals surface area contributed by atoms with E-state index in [0.29, 0.717) is 40.7 Å². The summed E-state index contributed by atoms with van der Waals surface area (Å²) in [7, 11) is 0. The van der Waals surface area contributed by atoms with Gasteiger partial charge in [-0.15, -0.1) is 11.8 Å². The van der Waals surface area contributed by atoms with Gasteiger partial charge in [0.05, 0.1) is 16.6 Å². The van der Waals surface area contributed by atoms with Crippen LogP contribution in [0.2, 0.25) is 0 Å². The lowest BCUT2D eigenvalue weighted by Crippen LogP contribution is -2.23. The number of nitrogens with zero attached hydrogens (tertiary/aromatic N) is 3. The number of benzene rings is 2. The Morgan fingerprint density at radius 1 is 1.21 bits per heavy atom. The van der Waals surface area contributed by atoms with Crippen LogP contribution >= 0.6 is 11.8 Å². The van der Waals surface area contributed by atoms with Crippen LogP contribution in [0.1, 0.15) is 34.6 Å². The predicted molar refractivity (Wildman–Crippen MR) is 110 cm³/mol. The van der Waals surface area contributed by atoms with Crippen LogP contribution in [0.15, 0.2) is 51.2 Å². The Morgan fingerprint density at radius 3 is 3.00 bits per heavy atom. The zero-order valence-corrected chi connectivity index (χ0v) is 16.3. The molecule has 0 fully saturated rings. The van der Waals surface area contributed by atoms with Gasteiger partial charge in [0.25, 0.3) is 11.5 Å². The van der Waals surface area contributed by atoms with Crippen LogP contribution in [0.4, 0.5) is 4.39 Å². The summed E-state index contributed by atoms with van der Waals surface area (Å²) >= 11 is 1.64. The number of amides is 1. The summed E-state index contributed by atoms with van der Waals surface area (Å²) in [5.41, 5.74) is 4.77. The van der Waals surface area contributed by atoms with Gasteiger partial charge in [0, 0.05) is 41.2 Å². The van der Waals surface area contributed by atoms with Crippen molar-refractivity contribution in [2.24, 2.45) is 5.10 Å². The van der Waals surface area contributed by atoms with E-state index in [1.54, 1.807) is 40.6 Å². The van der Waals surface area contributed by atoms with E-state index in [4.69, 9.17) is 0 Å². The van der Waals surface area contributed by atoms with Crippen LogP contribution in [0.3, 0.4) is 0 Å². The van der Waals surface area contributed by atoms with E-state index in [1.165, 1.54) is 12.1 Å². The molecular weight excluding hydrogens is 391 g/mol. The largest absolute Gasteiger partial charge is 0.296 e. The molecular formula is C21H17FN4O2S. The molecule has 0 bridgehead atoms. The fraction of sp³-hybridized carbons (Fsp3) is 0.238. The summed E-state index contributed by atoms with van der Waals surface area (Å²) in [6, 6.07) is 9.47. The number of carbonyl (C=O) groups is 1. The first-order chi connectivity index (χ1) is 14.1. The first-order valence-corrected chi connectivity index (χ1v) is 10.4. The fourth-order valence-electron chi connectivity index (χ4n) is 3.77. The molecule has 8 heteroatoms. The van der Waals surface area contributed by atoms with Gasteiger partial charge in [-0.3, -0.25) is 14.2 Å². The summed E-state index contributed by atoms with van der Waals surface area (Å²) in [5, 5.41) is 4.75. The van der Waals surface area contributed by atoms with E-state index in [1.807, 2.05) is 0 Å². The first-order valence-electron chi connectivity index (χ1n) is 9.43. The first kappa shape index (κ1) is 18.1. The van der Waals surface area contributed by atoms with Gasteiger partial charge in [-0.25, -0.2) is 14.8 Å². The number of nitrogens with one attached hydrogen (secondary N) is 1. The van der Waals surface area contributed by atoms with Crippen LogP contribution < -0.4 is 11.0 Å². The molecule has 146 valence electrons. The van der Waals surface area contributed by atoms with Crippen LogP contribution in [-0.4, -0.2) is 26.9 Å². The van der Waals surface area contributed by atoms with E-state index >= 15 is 0 Å². The smallest absolute Gasteiger partial charge is 0.271 e. The molecule has 0 saturated heterocycles. The summed E-state index contributed by atoms with van der Waals surface area (Å²) in [6.45, 7) is 0.692. The molecule has 0 saturated carbocycles. The van der Waals surface area contributed by atoms with Gasteiger partial charge >= 0.3 is 0 Å². The van der Waals surface area contributed by atoms with Crippen LogP contribution in [0, 0.1) is 5.82 Å². The number of hydrazone groups is 1. The van der Waals surface area contributed by atoms with Crippen molar-refractivity contribution in [3.8, 4) is 0 Å². The molecule has 0 spiro atoms. The van der Waals surface area contributed by atoms with Crippen molar-refractivity contribution in [1.82, 2.24) is 15.0 Å². The second kappa shape index (κ2) is 7.11. The highest BCUT2D eigenvalue weighted by atomic mass is 32.2. The predicted octanol–water partition coefficient (Wildman–Crippen LogP) is 3.11. The molecule has 5 rings (SSSR count). The number of rotatable bonds is 2. The maximum Gasteiger partial charge on any atom is 0.271 e. The van der Waals surface area contributed by atoms with Crippen molar-refractivity contribution in [2.45, 2.75) is 30.7 Å². The van der Waals surface area contributed by atoms with Gasteiger partial charge in [0.1, 0.15) is 11.6 Å². The second-order valence-electron chi connectivity index (χ2n) is 7.06. The third-order valence-electron chi connectivity index (χ3n) is 5.22. The molecule has 0 unspecified atom stereocenters. The second-order valence-corrected chi connectivity index (χ2v) is 8.20. The molecule has 6 nitrogen and oxygen atoms in total. The molecule has 0 aliphatic carbocycles. The van der Waals surface area contributed by atoms with Gasteiger partial charge in [-0.05, 0) is 42.8 Å². The minimum atomic E-state index is -0.391. The Labute approximate surface area is 169 Å². The maximum absolute atomic E-state index is 13.6. The Balaban J connectivity index is 1.44. The van der Waals surface area contributed by atoms with E-state index in [0.717, 1.165) is 29.3 Å². The normalized spacial score (nSPS) is 16.7. The monoisotopic (exact) mass is 408 g/mol. The highest BCUT2D eigenvalue weighted by Crippen LogP contribution is 2.30. The molecule has 1 N–H and O–H groups in total. The van der Waals surface area contributed by atoms with E-state index < -0.39 is 5.91 Å². The zero-order chi connectivity index (χ0) is 20.0. The lowest BCUT2D eigenvalue weighted by molar-refractivity contribution is 0.0955. The molecule has 29 heavy (non-hydrogen) atoms. The summed E-state index contributed by atoms with van der Waals surface area (Å²) < 4.78 is 15.3. The Morgan fingerprint density at radius 2 is 2.10 bits per heavy atom. The number of thioether (sulfide) groups is 1. The Kier molecular flexibility index (Phi) is 4.43. The number of hydrogen-bond donors (Lipinski definition) is 1. The standard InChI is InChI=1S/C21H17FN4O2S/c22-13-4-6-18-15(11-13)16(7-9-29-18)24-25-20(27)12-3-5-14-17(10-12)23-19-2-1-8-26(19)21(14)28/h3-6,10-11H,1-2,7-9H2,(H,25,27). The fourth-order valence-corrected chi connectivity index (χ4v) is 4.78. The molecule has 3 heterocycles. The molecule has 2 aromatic carbocycles. The van der Waals surface area contributed by atoms with E-state index in [9.17, 15) is 14.0 Å². The molecule has 1 aromatic heterocycles. The average molecular weight is 408 g/mol. The summed E-state index contributed by atoms with van der Waals surface area (Å²) in [4.78, 5) is 30.7. The van der Waals surface area contributed by atoms with Gasteiger partial charge < -0.3 is 0 Å². The highest BCUT2D eigenvalue weighted by Gasteiger charge is 2.19. The van der Waals surface area contributed by atoms with Crippen molar-refractivity contribution >= 4 is 34.3 Å². The van der Waals surface area contributed by atoms with Crippen molar-refractivity contribution in [3.05, 3.63) is 69.5 Å². The third-order valence-corrected chi connectivity index (χ3v) is 6.30. The Bertz CT molecular complexity index is 1250. The molecule has 2 aliphatic rings. The molecule has 0 atom stereocenters. The molecule has 1 amide bonds. The van der Waals surface area contributed by atoms with Crippen molar-refractivity contribution in [3.63, 3.8) is 0 Å². The quantitative estimate of drug-likeness (QED) is 0.661. The number of hydrogen-bond acceptors (Lipinski definition) is 5. The number of aryl methyl sites for hydroxylation is 1. The molecule has 3 aromatic rings. The van der Waals surface area contributed by atoms with Crippen molar-refractivity contribution < 1.29 is 9.18 Å². The van der Waals surface area contributed by atoms with Gasteiger partial charge in [-0.1, -0.05) is 0 Å². The van der Waals surface area contributed by atoms with Gasteiger partial charge in [-0.2, -0.15) is 5.10 Å². The summed E-state index contributed by atoms with van der Waals surface area (Å²) in [5.74, 6) is 0.865.